The number of carbonyl (C=O) groups is 3. The van der Waals surface area contributed by atoms with Crippen LogP contribution in [0.4, 0.5) is 11.4 Å². The van der Waals surface area contributed by atoms with Crippen molar-refractivity contribution in [3.05, 3.63) is 101 Å². The summed E-state index contributed by atoms with van der Waals surface area (Å²) in [7, 11) is 0. The van der Waals surface area contributed by atoms with E-state index in [-0.39, 0.29) is 17.2 Å². The van der Waals surface area contributed by atoms with E-state index in [9.17, 15) is 19.5 Å². The number of rotatable bonds is 5. The number of aliphatic hydroxyl groups is 1. The molecule has 0 bridgehead atoms. The Morgan fingerprint density at radius 2 is 1.68 bits per heavy atom. The molecule has 3 aromatic rings. The molecule has 1 heterocycles. The first-order chi connectivity index (χ1) is 16.3. The summed E-state index contributed by atoms with van der Waals surface area (Å²) in [6.45, 7) is 5.38. The van der Waals surface area contributed by atoms with Crippen LogP contribution in [0.1, 0.15) is 42.1 Å². The predicted molar refractivity (Wildman–Crippen MR) is 133 cm³/mol. The van der Waals surface area contributed by atoms with Crippen molar-refractivity contribution < 1.29 is 19.5 Å². The molecule has 0 aromatic heterocycles. The molecule has 1 unspecified atom stereocenters. The first-order valence-corrected chi connectivity index (χ1v) is 11.1. The molecule has 0 spiro atoms. The summed E-state index contributed by atoms with van der Waals surface area (Å²) >= 11 is 0. The van der Waals surface area contributed by atoms with Crippen LogP contribution < -0.4 is 10.2 Å². The molecule has 1 saturated heterocycles. The van der Waals surface area contributed by atoms with Crippen LogP contribution in [-0.2, 0) is 20.8 Å². The number of hydrogen-bond donors (Lipinski definition) is 2. The van der Waals surface area contributed by atoms with Crippen molar-refractivity contribution in [3.63, 3.8) is 0 Å². The van der Waals surface area contributed by atoms with Crippen molar-refractivity contribution in [2.24, 2.45) is 0 Å². The molecule has 1 fully saturated rings. The molecule has 4 rings (SSSR count). The molecule has 0 saturated carbocycles. The molecule has 2 N–H and O–H groups in total. The average molecular weight is 455 g/mol. The number of carbonyl (C=O) groups excluding carboxylic acids is 3. The van der Waals surface area contributed by atoms with Gasteiger partial charge in [0.2, 0.25) is 5.91 Å². The predicted octanol–water partition coefficient (Wildman–Crippen LogP) is 5.14. The quantitative estimate of drug-likeness (QED) is 0.317. The lowest BCUT2D eigenvalue weighted by molar-refractivity contribution is -0.132. The minimum Gasteiger partial charge on any atom is -0.507 e. The van der Waals surface area contributed by atoms with Crippen LogP contribution in [0, 0.1) is 6.92 Å². The Bertz CT molecular complexity index is 1290. The maximum absolute atomic E-state index is 13.3. The fraction of sp³-hybridized carbons (Fsp3) is 0.179. The number of amides is 2. The number of Topliss-reactive ketones (excluding diaryl/α,β-unsaturated/α-hetero) is 1. The number of anilines is 2. The van der Waals surface area contributed by atoms with E-state index in [1.807, 2.05) is 50.2 Å². The van der Waals surface area contributed by atoms with Crippen LogP contribution >= 0.6 is 0 Å². The van der Waals surface area contributed by atoms with Gasteiger partial charge in [0.25, 0.3) is 11.7 Å². The zero-order chi connectivity index (χ0) is 24.4. The van der Waals surface area contributed by atoms with Crippen LogP contribution in [0.2, 0.25) is 0 Å². The molecule has 6 nitrogen and oxygen atoms in total. The number of ketones is 1. The fourth-order valence-corrected chi connectivity index (χ4v) is 4.15. The van der Waals surface area contributed by atoms with E-state index in [4.69, 9.17) is 0 Å². The highest BCUT2D eigenvalue weighted by atomic mass is 16.3. The van der Waals surface area contributed by atoms with Gasteiger partial charge >= 0.3 is 0 Å². The number of aryl methyl sites for hydroxylation is 2. The third kappa shape index (κ3) is 4.35. The van der Waals surface area contributed by atoms with Crippen LogP contribution in [0.5, 0.6) is 0 Å². The standard InChI is InChI=1S/C28H26N2O4/c1-4-19-10-14-20(15-11-19)25-24(26(32)21-12-8-17(2)9-13-21)27(33)28(34)30(25)23-7-5-6-22(16-23)29-18(3)31/h5-16,25,32H,4H2,1-3H3,(H,29,31)/b26-24+. The summed E-state index contributed by atoms with van der Waals surface area (Å²) in [5.41, 5.74) is 4.28. The number of nitrogens with one attached hydrogen (secondary N) is 1. The Morgan fingerprint density at radius 1 is 1.00 bits per heavy atom. The molecule has 172 valence electrons. The lowest BCUT2D eigenvalue weighted by Gasteiger charge is -2.26. The van der Waals surface area contributed by atoms with Gasteiger partial charge in [0.15, 0.2) is 0 Å². The number of hydrogen-bond acceptors (Lipinski definition) is 4. The molecule has 3 aromatic carbocycles. The van der Waals surface area contributed by atoms with Crippen LogP contribution in [0.3, 0.4) is 0 Å². The van der Waals surface area contributed by atoms with Crippen molar-refractivity contribution in [1.29, 1.82) is 0 Å². The topological polar surface area (TPSA) is 86.7 Å². The third-order valence-corrected chi connectivity index (χ3v) is 5.92. The summed E-state index contributed by atoms with van der Waals surface area (Å²) in [4.78, 5) is 39.5. The highest BCUT2D eigenvalue weighted by Gasteiger charge is 2.47. The van der Waals surface area contributed by atoms with E-state index in [1.54, 1.807) is 36.4 Å². The van der Waals surface area contributed by atoms with E-state index in [0.29, 0.717) is 22.5 Å². The number of benzene rings is 3. The molecule has 0 radical (unpaired) electrons. The number of aliphatic hydroxyl groups excluding tert-OH is 1. The van der Waals surface area contributed by atoms with Crippen LogP contribution in [0.15, 0.2) is 78.4 Å². The summed E-state index contributed by atoms with van der Waals surface area (Å²) in [5, 5.41) is 13.9. The first kappa shape index (κ1) is 23.0. The Balaban J connectivity index is 1.90. The van der Waals surface area contributed by atoms with E-state index in [2.05, 4.69) is 5.32 Å². The zero-order valence-electron chi connectivity index (χ0n) is 19.3. The minimum atomic E-state index is -0.820. The van der Waals surface area contributed by atoms with Gasteiger partial charge in [0.1, 0.15) is 5.76 Å². The van der Waals surface area contributed by atoms with Crippen LogP contribution in [-0.4, -0.2) is 22.7 Å². The first-order valence-electron chi connectivity index (χ1n) is 11.1. The molecule has 34 heavy (non-hydrogen) atoms. The normalized spacial score (nSPS) is 17.1. The monoisotopic (exact) mass is 454 g/mol. The van der Waals surface area contributed by atoms with Gasteiger partial charge in [0.05, 0.1) is 11.6 Å². The Hall–Kier alpha value is -4.19. The minimum absolute atomic E-state index is 0.0306. The van der Waals surface area contributed by atoms with Gasteiger partial charge in [-0.2, -0.15) is 0 Å². The SMILES string of the molecule is CCc1ccc(C2/C(=C(\O)c3ccc(C)cc3)C(=O)C(=O)N2c2cccc(NC(C)=O)c2)cc1. The van der Waals surface area contributed by atoms with Gasteiger partial charge in [-0.3, -0.25) is 19.3 Å². The van der Waals surface area contributed by atoms with Crippen molar-refractivity contribution in [3.8, 4) is 0 Å². The average Bonchev–Trinajstić information content (AvgIpc) is 3.09. The van der Waals surface area contributed by atoms with Gasteiger partial charge in [-0.25, -0.2) is 0 Å². The second-order valence-corrected chi connectivity index (χ2v) is 8.36. The van der Waals surface area contributed by atoms with Gasteiger partial charge in [-0.1, -0.05) is 67.1 Å². The van der Waals surface area contributed by atoms with Crippen molar-refractivity contribution in [1.82, 2.24) is 0 Å². The van der Waals surface area contributed by atoms with Gasteiger partial charge in [0, 0.05) is 23.9 Å². The van der Waals surface area contributed by atoms with Crippen molar-refractivity contribution in [2.75, 3.05) is 10.2 Å². The lowest BCUT2D eigenvalue weighted by atomic mass is 9.94. The smallest absolute Gasteiger partial charge is 0.300 e. The van der Waals surface area contributed by atoms with Gasteiger partial charge in [-0.15, -0.1) is 0 Å². The summed E-state index contributed by atoms with van der Waals surface area (Å²) in [6, 6.07) is 20.7. The Labute approximate surface area is 198 Å². The highest BCUT2D eigenvalue weighted by molar-refractivity contribution is 6.51. The molecule has 1 atom stereocenters. The lowest BCUT2D eigenvalue weighted by Crippen LogP contribution is -2.29. The summed E-state index contributed by atoms with van der Waals surface area (Å²) in [5.74, 6) is -1.96. The van der Waals surface area contributed by atoms with E-state index < -0.39 is 17.7 Å². The second-order valence-electron chi connectivity index (χ2n) is 8.36. The fourth-order valence-electron chi connectivity index (χ4n) is 4.15. The zero-order valence-corrected chi connectivity index (χ0v) is 19.3. The molecule has 1 aliphatic rings. The third-order valence-electron chi connectivity index (χ3n) is 5.92. The molecule has 2 amide bonds. The van der Waals surface area contributed by atoms with Crippen molar-refractivity contribution in [2.45, 2.75) is 33.2 Å². The van der Waals surface area contributed by atoms with E-state index in [1.165, 1.54) is 11.8 Å². The van der Waals surface area contributed by atoms with Gasteiger partial charge < -0.3 is 10.4 Å². The maximum atomic E-state index is 13.3. The molecular weight excluding hydrogens is 428 g/mol. The summed E-state index contributed by atoms with van der Waals surface area (Å²) < 4.78 is 0. The maximum Gasteiger partial charge on any atom is 0.300 e. The highest BCUT2D eigenvalue weighted by Crippen LogP contribution is 2.42. The summed E-state index contributed by atoms with van der Waals surface area (Å²) in [6.07, 6.45) is 0.850. The van der Waals surface area contributed by atoms with E-state index >= 15 is 0 Å². The Morgan fingerprint density at radius 3 is 2.29 bits per heavy atom. The van der Waals surface area contributed by atoms with E-state index in [0.717, 1.165) is 17.5 Å². The number of nitrogens with zero attached hydrogens (tertiary/aromatic N) is 1. The molecule has 6 heteroatoms. The van der Waals surface area contributed by atoms with Gasteiger partial charge in [-0.05, 0) is 42.7 Å². The molecular formula is C28H26N2O4. The molecule has 0 aliphatic carbocycles. The molecule has 1 aliphatic heterocycles. The largest absolute Gasteiger partial charge is 0.507 e. The van der Waals surface area contributed by atoms with Crippen molar-refractivity contribution >= 4 is 34.7 Å². The second kappa shape index (κ2) is 9.35. The Kier molecular flexibility index (Phi) is 6.32. The van der Waals surface area contributed by atoms with Crippen LogP contribution in [0.25, 0.3) is 5.76 Å².